The first-order chi connectivity index (χ1) is 10.1. The van der Waals surface area contributed by atoms with E-state index in [4.69, 9.17) is 5.84 Å². The van der Waals surface area contributed by atoms with Crippen LogP contribution in [0, 0.1) is 20.8 Å². The molecule has 110 valence electrons. The van der Waals surface area contributed by atoms with Crippen LogP contribution in [0.2, 0.25) is 0 Å². The molecule has 0 unspecified atom stereocenters. The van der Waals surface area contributed by atoms with E-state index < -0.39 is 0 Å². The number of aryl methyl sites for hydroxylation is 3. The second kappa shape index (κ2) is 5.88. The average Bonchev–Trinajstić information content (AvgIpc) is 3.00. The Morgan fingerprint density at radius 2 is 2.05 bits per heavy atom. The highest BCUT2D eigenvalue weighted by Gasteiger charge is 2.14. The van der Waals surface area contributed by atoms with Crippen molar-refractivity contribution in [3.8, 4) is 0 Å². The monoisotopic (exact) mass is 337 g/mol. The van der Waals surface area contributed by atoms with Gasteiger partial charge in [0.15, 0.2) is 10.2 Å². The number of rotatable bonds is 4. The molecule has 3 aromatic rings. The largest absolute Gasteiger partial charge is 0.308 e. The lowest BCUT2D eigenvalue weighted by atomic mass is 10.2. The number of hydrogen-bond donors (Lipinski definition) is 2. The van der Waals surface area contributed by atoms with Gasteiger partial charge in [0.2, 0.25) is 0 Å². The Kier molecular flexibility index (Phi) is 4.12. The van der Waals surface area contributed by atoms with Gasteiger partial charge in [0.25, 0.3) is 0 Å². The number of fused-ring (bicyclic) bond motifs is 1. The molecule has 21 heavy (non-hydrogen) atoms. The van der Waals surface area contributed by atoms with Crippen LogP contribution < -0.4 is 11.3 Å². The zero-order chi connectivity index (χ0) is 15.0. The van der Waals surface area contributed by atoms with E-state index >= 15 is 0 Å². The molecule has 0 aliphatic rings. The van der Waals surface area contributed by atoms with Crippen molar-refractivity contribution in [2.24, 2.45) is 5.84 Å². The lowest BCUT2D eigenvalue weighted by Gasteiger charge is -2.05. The van der Waals surface area contributed by atoms with Crippen molar-refractivity contribution in [2.45, 2.75) is 30.9 Å². The smallest absolute Gasteiger partial charge is 0.152 e. The van der Waals surface area contributed by atoms with Crippen LogP contribution >= 0.6 is 34.4 Å². The van der Waals surface area contributed by atoms with Crippen molar-refractivity contribution < 1.29 is 0 Å². The number of thioether (sulfide) groups is 1. The molecule has 0 saturated carbocycles. The molecule has 3 rings (SSSR count). The van der Waals surface area contributed by atoms with Crippen molar-refractivity contribution in [1.29, 1.82) is 0 Å². The van der Waals surface area contributed by atoms with Crippen molar-refractivity contribution in [3.05, 3.63) is 27.3 Å². The van der Waals surface area contributed by atoms with E-state index in [-0.39, 0.29) is 0 Å². The van der Waals surface area contributed by atoms with E-state index in [1.807, 2.05) is 12.3 Å². The van der Waals surface area contributed by atoms with Gasteiger partial charge >= 0.3 is 0 Å². The minimum absolute atomic E-state index is 0.688. The SMILES string of the molecule is Cc1csc(SCc2nc(NN)c3c(C)c(C)sc3n2)n1. The number of thiophene rings is 1. The van der Waals surface area contributed by atoms with Crippen LogP contribution in [0.25, 0.3) is 10.2 Å². The predicted molar refractivity (Wildman–Crippen MR) is 91.1 cm³/mol. The molecule has 5 nitrogen and oxygen atoms in total. The number of hydrazine groups is 1. The van der Waals surface area contributed by atoms with Crippen molar-refractivity contribution in [1.82, 2.24) is 15.0 Å². The van der Waals surface area contributed by atoms with Crippen LogP contribution in [0.15, 0.2) is 9.72 Å². The molecule has 0 bridgehead atoms. The standard InChI is InChI=1S/C13H15N5S3/c1-6-4-19-13(15-6)20-5-9-16-11(18-14)10-7(2)8(3)21-12(10)17-9/h4H,5,14H2,1-3H3,(H,16,17,18). The molecule has 8 heteroatoms. The normalized spacial score (nSPS) is 11.2. The molecule has 3 N–H and O–H groups in total. The zero-order valence-corrected chi connectivity index (χ0v) is 14.4. The van der Waals surface area contributed by atoms with Gasteiger partial charge in [0.05, 0.1) is 11.1 Å². The van der Waals surface area contributed by atoms with Gasteiger partial charge in [-0.2, -0.15) is 0 Å². The zero-order valence-electron chi connectivity index (χ0n) is 11.9. The summed E-state index contributed by atoms with van der Waals surface area (Å²) in [6.07, 6.45) is 0. The summed E-state index contributed by atoms with van der Waals surface area (Å²) in [6, 6.07) is 0. The highest BCUT2D eigenvalue weighted by Crippen LogP contribution is 2.34. The summed E-state index contributed by atoms with van der Waals surface area (Å²) >= 11 is 4.98. The first-order valence-electron chi connectivity index (χ1n) is 6.36. The van der Waals surface area contributed by atoms with E-state index in [1.54, 1.807) is 34.4 Å². The summed E-state index contributed by atoms with van der Waals surface area (Å²) in [5.74, 6) is 7.78. The van der Waals surface area contributed by atoms with E-state index in [9.17, 15) is 0 Å². The molecular weight excluding hydrogens is 322 g/mol. The number of nitrogens with zero attached hydrogens (tertiary/aromatic N) is 3. The highest BCUT2D eigenvalue weighted by atomic mass is 32.2. The first-order valence-corrected chi connectivity index (χ1v) is 9.05. The Hall–Kier alpha value is -1.22. The number of aromatic nitrogens is 3. The molecule has 3 heterocycles. The van der Waals surface area contributed by atoms with Crippen LogP contribution in [0.1, 0.15) is 22.0 Å². The number of anilines is 1. The lowest BCUT2D eigenvalue weighted by molar-refractivity contribution is 1.06. The summed E-state index contributed by atoms with van der Waals surface area (Å²) in [6.45, 7) is 6.16. The lowest BCUT2D eigenvalue weighted by Crippen LogP contribution is -2.10. The van der Waals surface area contributed by atoms with Crippen LogP contribution in [0.5, 0.6) is 0 Å². The van der Waals surface area contributed by atoms with Crippen LogP contribution in [0.4, 0.5) is 5.82 Å². The summed E-state index contributed by atoms with van der Waals surface area (Å²) in [7, 11) is 0. The Balaban J connectivity index is 1.92. The molecular formula is C13H15N5S3. The van der Waals surface area contributed by atoms with Gasteiger partial charge in [-0.3, -0.25) is 0 Å². The number of nitrogens with two attached hydrogens (primary N) is 1. The topological polar surface area (TPSA) is 76.7 Å². The Morgan fingerprint density at radius 1 is 1.24 bits per heavy atom. The van der Waals surface area contributed by atoms with Gasteiger partial charge < -0.3 is 5.43 Å². The minimum atomic E-state index is 0.688. The second-order valence-electron chi connectivity index (χ2n) is 4.64. The third kappa shape index (κ3) is 2.89. The Bertz CT molecular complexity index is 793. The summed E-state index contributed by atoms with van der Waals surface area (Å²) in [5.41, 5.74) is 4.94. The maximum atomic E-state index is 5.62. The van der Waals surface area contributed by atoms with Gasteiger partial charge in [-0.15, -0.1) is 22.7 Å². The molecule has 0 fully saturated rings. The molecule has 0 aliphatic heterocycles. The van der Waals surface area contributed by atoms with Crippen LogP contribution in [-0.4, -0.2) is 15.0 Å². The molecule has 0 aliphatic carbocycles. The summed E-state index contributed by atoms with van der Waals surface area (Å²) in [5, 5.41) is 3.07. The molecule has 0 saturated heterocycles. The molecule has 0 atom stereocenters. The van der Waals surface area contributed by atoms with Crippen LogP contribution in [0.3, 0.4) is 0 Å². The quantitative estimate of drug-likeness (QED) is 0.430. The molecule has 0 amide bonds. The summed E-state index contributed by atoms with van der Waals surface area (Å²) in [4.78, 5) is 15.9. The first kappa shape index (κ1) is 14.7. The molecule has 0 spiro atoms. The third-order valence-electron chi connectivity index (χ3n) is 3.13. The van der Waals surface area contributed by atoms with Gasteiger partial charge in [0.1, 0.15) is 10.7 Å². The van der Waals surface area contributed by atoms with E-state index in [0.29, 0.717) is 11.6 Å². The summed E-state index contributed by atoms with van der Waals surface area (Å²) < 4.78 is 1.04. The predicted octanol–water partition coefficient (Wildman–Crippen LogP) is 3.65. The number of thiazole rings is 1. The van der Waals surface area contributed by atoms with E-state index in [0.717, 1.165) is 26.1 Å². The Labute approximate surface area is 135 Å². The van der Waals surface area contributed by atoms with Crippen molar-refractivity contribution in [2.75, 3.05) is 5.43 Å². The second-order valence-corrected chi connectivity index (χ2v) is 7.92. The number of nitrogen functional groups attached to an aromatic ring is 1. The average molecular weight is 337 g/mol. The van der Waals surface area contributed by atoms with Crippen LogP contribution in [-0.2, 0) is 5.75 Å². The maximum Gasteiger partial charge on any atom is 0.152 e. The van der Waals surface area contributed by atoms with Gasteiger partial charge in [-0.05, 0) is 26.3 Å². The molecule has 0 aromatic carbocycles. The Morgan fingerprint density at radius 3 is 2.71 bits per heavy atom. The molecule has 0 radical (unpaired) electrons. The maximum absolute atomic E-state index is 5.62. The highest BCUT2D eigenvalue weighted by molar-refractivity contribution is 8.00. The van der Waals surface area contributed by atoms with E-state index in [2.05, 4.69) is 34.2 Å². The van der Waals surface area contributed by atoms with Crippen molar-refractivity contribution >= 4 is 50.5 Å². The minimum Gasteiger partial charge on any atom is -0.308 e. The fraction of sp³-hybridized carbons (Fsp3) is 0.308. The number of hydrogen-bond acceptors (Lipinski definition) is 8. The fourth-order valence-corrected chi connectivity index (χ4v) is 4.74. The van der Waals surface area contributed by atoms with Gasteiger partial charge in [-0.1, -0.05) is 11.8 Å². The molecule has 3 aromatic heterocycles. The fourth-order valence-electron chi connectivity index (χ4n) is 1.99. The van der Waals surface area contributed by atoms with E-state index in [1.165, 1.54) is 10.4 Å². The van der Waals surface area contributed by atoms with Gasteiger partial charge in [-0.25, -0.2) is 20.8 Å². The van der Waals surface area contributed by atoms with Gasteiger partial charge in [0, 0.05) is 16.0 Å². The number of nitrogens with one attached hydrogen (secondary N) is 1. The third-order valence-corrected chi connectivity index (χ3v) is 6.37. The van der Waals surface area contributed by atoms with Crippen molar-refractivity contribution in [3.63, 3.8) is 0 Å².